The molecule has 0 spiro atoms. The number of carboxylic acids is 1. The van der Waals surface area contributed by atoms with Crippen molar-refractivity contribution in [3.05, 3.63) is 0 Å². The van der Waals surface area contributed by atoms with Gasteiger partial charge < -0.3 is 14.6 Å². The number of carbonyl (C=O) groups is 1. The Hall–Kier alpha value is -0.610. The molecule has 1 aliphatic carbocycles. The molecular weight excluding hydrogens is 148 g/mol. The fourth-order valence-corrected chi connectivity index (χ4v) is 2.02. The third kappa shape index (κ3) is 0.555. The van der Waals surface area contributed by atoms with Crippen molar-refractivity contribution in [3.63, 3.8) is 0 Å². The highest BCUT2D eigenvalue weighted by Gasteiger charge is 2.74. The van der Waals surface area contributed by atoms with Crippen LogP contribution >= 0.6 is 0 Å². The third-order valence-corrected chi connectivity index (χ3v) is 2.82. The molecule has 1 saturated carbocycles. The zero-order chi connectivity index (χ0) is 7.64. The van der Waals surface area contributed by atoms with E-state index in [2.05, 4.69) is 0 Å². The highest BCUT2D eigenvalue weighted by Crippen LogP contribution is 2.55. The first-order chi connectivity index (χ1) is 5.24. The second kappa shape index (κ2) is 1.44. The molecule has 2 heterocycles. The summed E-state index contributed by atoms with van der Waals surface area (Å²) in [6, 6.07) is 0. The molecule has 0 aromatic carbocycles. The van der Waals surface area contributed by atoms with Crippen molar-refractivity contribution in [3.8, 4) is 0 Å². The molecule has 0 aromatic rings. The Kier molecular flexibility index (Phi) is 0.784. The van der Waals surface area contributed by atoms with Crippen LogP contribution in [0.3, 0.4) is 0 Å². The summed E-state index contributed by atoms with van der Waals surface area (Å²) in [6.07, 6.45) is 1.72. The molecule has 1 N–H and O–H groups in total. The van der Waals surface area contributed by atoms with Gasteiger partial charge in [-0.15, -0.1) is 0 Å². The molecule has 4 unspecified atom stereocenters. The largest absolute Gasteiger partial charge is 0.479 e. The van der Waals surface area contributed by atoms with Gasteiger partial charge in [-0.25, -0.2) is 4.79 Å². The third-order valence-electron chi connectivity index (χ3n) is 2.82. The van der Waals surface area contributed by atoms with Crippen molar-refractivity contribution in [1.29, 1.82) is 0 Å². The fraction of sp³-hybridized carbons (Fsp3) is 0.857. The lowest BCUT2D eigenvalue weighted by Gasteiger charge is -2.08. The first kappa shape index (κ1) is 5.97. The standard InChI is InChI=1S/C7H8O4/c8-6(9)7-2-1-3-4(10-3)5(7)11-7/h3-5H,1-2H2,(H,8,9). The molecule has 2 saturated heterocycles. The van der Waals surface area contributed by atoms with Gasteiger partial charge in [-0.3, -0.25) is 0 Å². The molecule has 3 fully saturated rings. The predicted molar refractivity (Wildman–Crippen MR) is 33.1 cm³/mol. The Morgan fingerprint density at radius 1 is 1.64 bits per heavy atom. The highest BCUT2D eigenvalue weighted by atomic mass is 16.7. The number of rotatable bonds is 1. The van der Waals surface area contributed by atoms with Crippen LogP contribution in [-0.2, 0) is 14.3 Å². The van der Waals surface area contributed by atoms with Crippen LogP contribution in [0.4, 0.5) is 0 Å². The summed E-state index contributed by atoms with van der Waals surface area (Å²) in [7, 11) is 0. The molecule has 3 rings (SSSR count). The quantitative estimate of drug-likeness (QED) is 0.532. The number of fused-ring (bicyclic) bond motifs is 3. The maximum Gasteiger partial charge on any atom is 0.338 e. The summed E-state index contributed by atoms with van der Waals surface area (Å²) < 4.78 is 10.4. The number of hydrogen-bond acceptors (Lipinski definition) is 3. The first-order valence-electron chi connectivity index (χ1n) is 3.81. The molecule has 2 aliphatic heterocycles. The first-order valence-corrected chi connectivity index (χ1v) is 3.81. The number of carboxylic acid groups (broad SMARTS) is 1. The van der Waals surface area contributed by atoms with Crippen LogP contribution < -0.4 is 0 Å². The Labute approximate surface area is 63.1 Å². The van der Waals surface area contributed by atoms with Crippen molar-refractivity contribution >= 4 is 5.97 Å². The normalized spacial score (nSPS) is 57.6. The minimum atomic E-state index is -0.850. The summed E-state index contributed by atoms with van der Waals surface area (Å²) >= 11 is 0. The van der Waals surface area contributed by atoms with Gasteiger partial charge in [-0.1, -0.05) is 0 Å². The Morgan fingerprint density at radius 2 is 2.45 bits per heavy atom. The van der Waals surface area contributed by atoms with E-state index in [4.69, 9.17) is 14.6 Å². The van der Waals surface area contributed by atoms with E-state index in [9.17, 15) is 4.79 Å². The topological polar surface area (TPSA) is 62.4 Å². The Balaban J connectivity index is 1.88. The molecular formula is C7H8O4. The summed E-state index contributed by atoms with van der Waals surface area (Å²) in [5, 5.41) is 8.79. The van der Waals surface area contributed by atoms with E-state index >= 15 is 0 Å². The van der Waals surface area contributed by atoms with E-state index in [1.165, 1.54) is 0 Å². The number of ether oxygens (including phenoxy) is 2. The fourth-order valence-electron chi connectivity index (χ4n) is 2.02. The maximum atomic E-state index is 10.7. The Bertz CT molecular complexity index is 239. The van der Waals surface area contributed by atoms with Crippen molar-refractivity contribution in [2.45, 2.75) is 36.8 Å². The summed E-state index contributed by atoms with van der Waals surface area (Å²) in [5.41, 5.74) is -0.850. The van der Waals surface area contributed by atoms with Crippen LogP contribution in [0, 0.1) is 0 Å². The smallest absolute Gasteiger partial charge is 0.338 e. The van der Waals surface area contributed by atoms with Gasteiger partial charge in [0.15, 0.2) is 5.60 Å². The maximum absolute atomic E-state index is 10.7. The highest BCUT2D eigenvalue weighted by molar-refractivity contribution is 5.82. The van der Waals surface area contributed by atoms with Gasteiger partial charge in [0, 0.05) is 0 Å². The van der Waals surface area contributed by atoms with E-state index in [1.807, 2.05) is 0 Å². The molecule has 60 valence electrons. The lowest BCUT2D eigenvalue weighted by atomic mass is 9.89. The second-order valence-corrected chi connectivity index (χ2v) is 3.41. The SMILES string of the molecule is O=C(O)C12CCC3OC3C1O2. The van der Waals surface area contributed by atoms with Crippen LogP contribution in [-0.4, -0.2) is 35.0 Å². The van der Waals surface area contributed by atoms with Crippen molar-refractivity contribution in [2.24, 2.45) is 0 Å². The van der Waals surface area contributed by atoms with Crippen molar-refractivity contribution in [1.82, 2.24) is 0 Å². The van der Waals surface area contributed by atoms with Gasteiger partial charge in [0.05, 0.1) is 6.10 Å². The molecule has 0 amide bonds. The van der Waals surface area contributed by atoms with Crippen LogP contribution in [0.2, 0.25) is 0 Å². The predicted octanol–water partition coefficient (Wildman–Crippen LogP) is -0.230. The van der Waals surface area contributed by atoms with Gasteiger partial charge in [-0.2, -0.15) is 0 Å². The minimum Gasteiger partial charge on any atom is -0.479 e. The molecule has 0 aromatic heterocycles. The number of epoxide rings is 2. The van der Waals surface area contributed by atoms with Gasteiger partial charge in [0.1, 0.15) is 12.2 Å². The summed E-state index contributed by atoms with van der Waals surface area (Å²) in [4.78, 5) is 10.7. The molecule has 0 bridgehead atoms. The van der Waals surface area contributed by atoms with Gasteiger partial charge >= 0.3 is 5.97 Å². The summed E-state index contributed by atoms with van der Waals surface area (Å²) in [6.45, 7) is 0. The zero-order valence-corrected chi connectivity index (χ0v) is 5.82. The molecule has 4 heteroatoms. The van der Waals surface area contributed by atoms with Crippen LogP contribution in [0.1, 0.15) is 12.8 Å². The lowest BCUT2D eigenvalue weighted by Crippen LogP contribution is -2.32. The van der Waals surface area contributed by atoms with Crippen molar-refractivity contribution < 1.29 is 19.4 Å². The molecule has 4 nitrogen and oxygen atoms in total. The van der Waals surface area contributed by atoms with E-state index < -0.39 is 11.6 Å². The van der Waals surface area contributed by atoms with E-state index in [0.717, 1.165) is 6.42 Å². The molecule has 11 heavy (non-hydrogen) atoms. The molecule has 3 aliphatic rings. The second-order valence-electron chi connectivity index (χ2n) is 3.41. The number of aliphatic carboxylic acids is 1. The van der Waals surface area contributed by atoms with Crippen molar-refractivity contribution in [2.75, 3.05) is 0 Å². The van der Waals surface area contributed by atoms with E-state index in [0.29, 0.717) is 12.5 Å². The van der Waals surface area contributed by atoms with Crippen LogP contribution in [0.15, 0.2) is 0 Å². The van der Waals surface area contributed by atoms with Gasteiger partial charge in [0.25, 0.3) is 0 Å². The molecule has 4 atom stereocenters. The zero-order valence-electron chi connectivity index (χ0n) is 5.82. The van der Waals surface area contributed by atoms with Gasteiger partial charge in [-0.05, 0) is 12.8 Å². The Morgan fingerprint density at radius 3 is 3.18 bits per heavy atom. The van der Waals surface area contributed by atoms with Crippen LogP contribution in [0.5, 0.6) is 0 Å². The van der Waals surface area contributed by atoms with Crippen LogP contribution in [0.25, 0.3) is 0 Å². The van der Waals surface area contributed by atoms with E-state index in [-0.39, 0.29) is 12.2 Å². The molecule has 0 radical (unpaired) electrons. The average molecular weight is 156 g/mol. The lowest BCUT2D eigenvalue weighted by molar-refractivity contribution is -0.143. The summed E-state index contributed by atoms with van der Waals surface area (Å²) in [5.74, 6) is -0.823. The van der Waals surface area contributed by atoms with E-state index in [1.54, 1.807) is 0 Å². The van der Waals surface area contributed by atoms with Gasteiger partial charge in [0.2, 0.25) is 0 Å². The average Bonchev–Trinajstić information content (AvgIpc) is 2.81. The monoisotopic (exact) mass is 156 g/mol. The minimum absolute atomic E-state index is 0.0971. The number of hydrogen-bond donors (Lipinski definition) is 1.